The molecule has 0 saturated heterocycles. The fraction of sp³-hybridized carbons (Fsp3) is 0.355. The Bertz CT molecular complexity index is 1580. The maximum absolute atomic E-state index is 12.1. The van der Waals surface area contributed by atoms with Crippen molar-refractivity contribution < 1.29 is 23.8 Å². The lowest BCUT2D eigenvalue weighted by Gasteiger charge is -2.31. The first kappa shape index (κ1) is 25.8. The summed E-state index contributed by atoms with van der Waals surface area (Å²) in [5.41, 5.74) is 6.22. The van der Waals surface area contributed by atoms with Gasteiger partial charge < -0.3 is 14.2 Å². The predicted molar refractivity (Wildman–Crippen MR) is 147 cm³/mol. The minimum Gasteiger partial charge on any atom is -0.493 e. The van der Waals surface area contributed by atoms with Crippen molar-refractivity contribution in [2.24, 2.45) is 0 Å². The second-order valence-corrected chi connectivity index (χ2v) is 10.7. The molecule has 0 amide bonds. The average molecular weight is 513 g/mol. The monoisotopic (exact) mass is 512 g/mol. The summed E-state index contributed by atoms with van der Waals surface area (Å²) < 4.78 is 18.0. The van der Waals surface area contributed by atoms with Crippen LogP contribution >= 0.6 is 0 Å². The van der Waals surface area contributed by atoms with Crippen molar-refractivity contribution in [2.45, 2.75) is 59.7 Å². The second-order valence-electron chi connectivity index (χ2n) is 10.7. The number of fused-ring (bicyclic) bond motifs is 1. The van der Waals surface area contributed by atoms with E-state index >= 15 is 0 Å². The standard InChI is InChI=1S/C31H32N2O5/c1-17-15-24-21(7-9-23(33-24)18(2)34)29(27(17)26(16-37-19(3)35)38-31(4,5)6)22-8-10-25-28-20(12-14-36-25)11-13-32-30(22)28/h7-11,13,15,26H,12,14,16H2,1-6H3/t26-/m1/s1. The van der Waals surface area contributed by atoms with Gasteiger partial charge in [-0.15, -0.1) is 0 Å². The lowest BCUT2D eigenvalue weighted by Crippen LogP contribution is -2.27. The molecule has 38 heavy (non-hydrogen) atoms. The number of carbonyl (C=O) groups is 2. The lowest BCUT2D eigenvalue weighted by atomic mass is 9.86. The molecule has 0 unspecified atom stereocenters. The van der Waals surface area contributed by atoms with E-state index in [2.05, 4.69) is 0 Å². The third-order valence-electron chi connectivity index (χ3n) is 6.70. The van der Waals surface area contributed by atoms with Crippen molar-refractivity contribution in [3.05, 3.63) is 65.0 Å². The Morgan fingerprint density at radius 2 is 1.89 bits per heavy atom. The molecular formula is C31H32N2O5. The van der Waals surface area contributed by atoms with Crippen molar-refractivity contribution in [3.8, 4) is 16.9 Å². The number of hydrogen-bond donors (Lipinski definition) is 0. The van der Waals surface area contributed by atoms with E-state index in [-0.39, 0.29) is 18.4 Å². The van der Waals surface area contributed by atoms with Gasteiger partial charge in [0.1, 0.15) is 24.2 Å². The molecule has 0 aliphatic carbocycles. The van der Waals surface area contributed by atoms with E-state index in [0.29, 0.717) is 17.8 Å². The van der Waals surface area contributed by atoms with Crippen molar-refractivity contribution in [2.75, 3.05) is 13.2 Å². The molecule has 1 aliphatic rings. The second kappa shape index (κ2) is 9.80. The topological polar surface area (TPSA) is 87.6 Å². The van der Waals surface area contributed by atoms with Gasteiger partial charge in [-0.1, -0.05) is 0 Å². The van der Waals surface area contributed by atoms with Crippen molar-refractivity contribution in [3.63, 3.8) is 0 Å². The molecular weight excluding hydrogens is 480 g/mol. The van der Waals surface area contributed by atoms with Gasteiger partial charge in [0.2, 0.25) is 0 Å². The summed E-state index contributed by atoms with van der Waals surface area (Å²) >= 11 is 0. The normalized spacial score (nSPS) is 13.8. The maximum atomic E-state index is 12.1. The Morgan fingerprint density at radius 1 is 1.11 bits per heavy atom. The molecule has 0 N–H and O–H groups in total. The van der Waals surface area contributed by atoms with Crippen LogP contribution in [0.5, 0.6) is 5.75 Å². The van der Waals surface area contributed by atoms with Crippen LogP contribution in [0.3, 0.4) is 0 Å². The average Bonchev–Trinajstić information content (AvgIpc) is 2.85. The van der Waals surface area contributed by atoms with Crippen LogP contribution in [0.4, 0.5) is 0 Å². The van der Waals surface area contributed by atoms with Crippen LogP contribution in [0, 0.1) is 6.92 Å². The Balaban J connectivity index is 1.87. The Labute approximate surface area is 222 Å². The molecule has 0 radical (unpaired) electrons. The Kier molecular flexibility index (Phi) is 6.65. The molecule has 1 aliphatic heterocycles. The number of hydrogen-bond acceptors (Lipinski definition) is 7. The van der Waals surface area contributed by atoms with Crippen LogP contribution in [0.2, 0.25) is 0 Å². The summed E-state index contributed by atoms with van der Waals surface area (Å²) in [5.74, 6) is 0.344. The quantitative estimate of drug-likeness (QED) is 0.221. The zero-order chi connectivity index (χ0) is 27.2. The molecule has 7 nitrogen and oxygen atoms in total. The summed E-state index contributed by atoms with van der Waals surface area (Å²) in [6.45, 7) is 11.5. The maximum Gasteiger partial charge on any atom is 0.302 e. The van der Waals surface area contributed by atoms with Crippen LogP contribution < -0.4 is 4.74 Å². The molecule has 0 bridgehead atoms. The number of esters is 1. The molecule has 2 aromatic heterocycles. The van der Waals surface area contributed by atoms with E-state index < -0.39 is 11.7 Å². The van der Waals surface area contributed by atoms with E-state index in [1.54, 1.807) is 6.07 Å². The van der Waals surface area contributed by atoms with E-state index in [4.69, 9.17) is 24.2 Å². The van der Waals surface area contributed by atoms with Crippen molar-refractivity contribution >= 4 is 33.6 Å². The minimum absolute atomic E-state index is 0.0582. The number of Topliss-reactive ketones (excluding diaryl/α,β-unsaturated/α-hetero) is 1. The molecule has 0 fully saturated rings. The third-order valence-corrected chi connectivity index (χ3v) is 6.70. The number of ether oxygens (including phenoxy) is 3. The molecule has 0 spiro atoms. The fourth-order valence-electron chi connectivity index (χ4n) is 5.22. The minimum atomic E-state index is -0.548. The number of aromatic nitrogens is 2. The molecule has 5 rings (SSSR count). The number of benzene rings is 2. The summed E-state index contributed by atoms with van der Waals surface area (Å²) in [6.07, 6.45) is 2.10. The fourth-order valence-corrected chi connectivity index (χ4v) is 5.22. The Morgan fingerprint density at radius 3 is 2.61 bits per heavy atom. The third kappa shape index (κ3) is 4.86. The highest BCUT2D eigenvalue weighted by Crippen LogP contribution is 2.44. The molecule has 2 aromatic carbocycles. The predicted octanol–water partition coefficient (Wildman–Crippen LogP) is 6.32. The van der Waals surface area contributed by atoms with Gasteiger partial charge in [0, 0.05) is 42.8 Å². The molecule has 0 saturated carbocycles. The zero-order valence-electron chi connectivity index (χ0n) is 22.7. The number of pyridine rings is 2. The summed E-state index contributed by atoms with van der Waals surface area (Å²) in [7, 11) is 0. The molecule has 1 atom stereocenters. The van der Waals surface area contributed by atoms with Crippen LogP contribution in [0.15, 0.2) is 42.6 Å². The number of rotatable bonds is 6. The van der Waals surface area contributed by atoms with Gasteiger partial charge in [0.05, 0.1) is 23.2 Å². The number of carbonyl (C=O) groups excluding carboxylic acids is 2. The zero-order valence-corrected chi connectivity index (χ0v) is 22.7. The smallest absolute Gasteiger partial charge is 0.302 e. The highest BCUT2D eigenvalue weighted by Gasteiger charge is 2.29. The van der Waals surface area contributed by atoms with Crippen molar-refractivity contribution in [1.29, 1.82) is 0 Å². The van der Waals surface area contributed by atoms with Gasteiger partial charge in [0.25, 0.3) is 0 Å². The summed E-state index contributed by atoms with van der Waals surface area (Å²) in [5, 5.41) is 1.86. The van der Waals surface area contributed by atoms with Gasteiger partial charge in [-0.2, -0.15) is 0 Å². The SMILES string of the molecule is CC(=O)OC[C@@H](OC(C)(C)C)c1c(C)cc2nc(C(C)=O)ccc2c1-c1ccc2c3c(ccnc13)CCO2. The van der Waals surface area contributed by atoms with Gasteiger partial charge in [0.15, 0.2) is 5.78 Å². The molecule has 7 heteroatoms. The largest absolute Gasteiger partial charge is 0.493 e. The summed E-state index contributed by atoms with van der Waals surface area (Å²) in [6, 6.07) is 11.7. The molecule has 196 valence electrons. The van der Waals surface area contributed by atoms with E-state index in [1.807, 2.05) is 64.2 Å². The first-order valence-electron chi connectivity index (χ1n) is 12.8. The number of nitrogens with zero attached hydrogens (tertiary/aromatic N) is 2. The highest BCUT2D eigenvalue weighted by atomic mass is 16.6. The van der Waals surface area contributed by atoms with Crippen LogP contribution in [0.25, 0.3) is 32.9 Å². The first-order chi connectivity index (χ1) is 18.0. The molecule has 4 aromatic rings. The highest BCUT2D eigenvalue weighted by molar-refractivity contribution is 6.08. The number of aryl methyl sites for hydroxylation is 1. The summed E-state index contributed by atoms with van der Waals surface area (Å²) in [4.78, 5) is 33.5. The van der Waals surface area contributed by atoms with Gasteiger partial charge in [-0.3, -0.25) is 14.6 Å². The van der Waals surface area contributed by atoms with Crippen LogP contribution in [0.1, 0.15) is 67.9 Å². The number of ketones is 1. The van der Waals surface area contributed by atoms with Gasteiger partial charge in [-0.05, 0) is 86.3 Å². The van der Waals surface area contributed by atoms with E-state index in [1.165, 1.54) is 19.4 Å². The first-order valence-corrected chi connectivity index (χ1v) is 12.8. The van der Waals surface area contributed by atoms with Gasteiger partial charge in [-0.25, -0.2) is 4.98 Å². The van der Waals surface area contributed by atoms with E-state index in [9.17, 15) is 9.59 Å². The lowest BCUT2D eigenvalue weighted by molar-refractivity contribution is -0.150. The van der Waals surface area contributed by atoms with Gasteiger partial charge >= 0.3 is 5.97 Å². The Hall–Kier alpha value is -3.84. The van der Waals surface area contributed by atoms with Crippen molar-refractivity contribution in [1.82, 2.24) is 9.97 Å². The van der Waals surface area contributed by atoms with Crippen LogP contribution in [-0.4, -0.2) is 40.5 Å². The van der Waals surface area contributed by atoms with E-state index in [0.717, 1.165) is 50.7 Å². The van der Waals surface area contributed by atoms with Crippen LogP contribution in [-0.2, 0) is 20.7 Å². The molecule has 3 heterocycles.